The van der Waals surface area contributed by atoms with E-state index in [9.17, 15) is 9.59 Å². The number of nitrogens with one attached hydrogen (secondary N) is 1. The molecule has 0 radical (unpaired) electrons. The van der Waals surface area contributed by atoms with Crippen LogP contribution in [0.25, 0.3) is 21.9 Å². The Morgan fingerprint density at radius 3 is 2.50 bits per heavy atom. The van der Waals surface area contributed by atoms with Crippen molar-refractivity contribution in [1.82, 2.24) is 10.2 Å². The van der Waals surface area contributed by atoms with Crippen LogP contribution in [0.2, 0.25) is 0 Å². The van der Waals surface area contributed by atoms with Crippen molar-refractivity contribution in [3.8, 4) is 16.9 Å². The Kier molecular flexibility index (Phi) is 8.95. The largest absolute Gasteiger partial charge is 0.494 e. The van der Waals surface area contributed by atoms with Gasteiger partial charge in [-0.3, -0.25) is 9.79 Å². The highest BCUT2D eigenvalue weighted by molar-refractivity contribution is 6.62. The molecule has 3 aromatic rings. The number of ether oxygens (including phenoxy) is 4. The topological polar surface area (TPSA) is 117 Å². The fourth-order valence-electron chi connectivity index (χ4n) is 7.59. The van der Waals surface area contributed by atoms with Gasteiger partial charge in [-0.05, 0) is 92.2 Å². The molecule has 7 rings (SSSR count). The molecule has 4 heterocycles. The van der Waals surface area contributed by atoms with Crippen molar-refractivity contribution in [2.75, 3.05) is 34.5 Å². The Hall–Kier alpha value is -3.97. The number of benzene rings is 3. The Morgan fingerprint density at radius 1 is 1.04 bits per heavy atom. The van der Waals surface area contributed by atoms with Gasteiger partial charge in [0.25, 0.3) is 0 Å². The van der Waals surface area contributed by atoms with E-state index in [4.69, 9.17) is 33.2 Å². The molecule has 0 unspecified atom stereocenters. The molecule has 0 saturated carbocycles. The molecule has 11 nitrogen and oxygen atoms in total. The fraction of sp³-hybridized carbons (Fsp3) is 0.500. The maximum absolute atomic E-state index is 14.1. The average molecular weight is 684 g/mol. The number of methoxy groups -OCH3 is 3. The molecule has 0 bridgehead atoms. The molecule has 0 spiro atoms. The fourth-order valence-corrected chi connectivity index (χ4v) is 7.59. The molecule has 2 amide bonds. The van der Waals surface area contributed by atoms with Gasteiger partial charge < -0.3 is 38.5 Å². The van der Waals surface area contributed by atoms with Crippen molar-refractivity contribution < 1.29 is 37.8 Å². The minimum atomic E-state index is -0.916. The van der Waals surface area contributed by atoms with Gasteiger partial charge >= 0.3 is 13.2 Å². The van der Waals surface area contributed by atoms with E-state index in [0.717, 1.165) is 55.6 Å². The van der Waals surface area contributed by atoms with Crippen molar-refractivity contribution >= 4 is 46.8 Å². The first-order valence-electron chi connectivity index (χ1n) is 17.3. The lowest BCUT2D eigenvalue weighted by Gasteiger charge is -2.32. The van der Waals surface area contributed by atoms with Crippen LogP contribution in [0, 0.1) is 5.92 Å². The minimum absolute atomic E-state index is 0.125. The van der Waals surface area contributed by atoms with Gasteiger partial charge in [0.15, 0.2) is 0 Å². The third-order valence-electron chi connectivity index (χ3n) is 11.2. The number of nitrogens with zero attached hydrogens (tertiary/aromatic N) is 2. The first kappa shape index (κ1) is 34.5. The highest BCUT2D eigenvalue weighted by Gasteiger charge is 2.52. The SMILES string of the molecule is COC[C@H]1C[C@@H](C2=Nc3ccc4cc5c(cc4c3C2)OCc2cc(B3OC(C)(C)C(C)(C)O3)ccc2-5)N(C(=O)[C@@H](NC(=O)OC)[C@@H](C)OC)C1. The van der Waals surface area contributed by atoms with Gasteiger partial charge in [0.2, 0.25) is 5.91 Å². The lowest BCUT2D eigenvalue weighted by atomic mass is 9.77. The van der Waals surface area contributed by atoms with Crippen LogP contribution in [0.5, 0.6) is 5.75 Å². The third kappa shape index (κ3) is 5.95. The van der Waals surface area contributed by atoms with E-state index in [1.807, 2.05) is 4.90 Å². The Labute approximate surface area is 293 Å². The Bertz CT molecular complexity index is 1860. The molecule has 50 heavy (non-hydrogen) atoms. The van der Waals surface area contributed by atoms with Crippen LogP contribution in [-0.4, -0.2) is 93.6 Å². The van der Waals surface area contributed by atoms with Crippen LogP contribution < -0.4 is 15.5 Å². The number of aliphatic imine (C=N–C) groups is 1. The van der Waals surface area contributed by atoms with Gasteiger partial charge in [-0.2, -0.15) is 0 Å². The van der Waals surface area contributed by atoms with E-state index >= 15 is 0 Å². The van der Waals surface area contributed by atoms with Crippen LogP contribution in [0.15, 0.2) is 47.5 Å². The highest BCUT2D eigenvalue weighted by Crippen LogP contribution is 2.44. The zero-order valence-corrected chi connectivity index (χ0v) is 30.1. The molecule has 2 saturated heterocycles. The van der Waals surface area contributed by atoms with Crippen molar-refractivity contribution in [1.29, 1.82) is 0 Å². The molecule has 4 atom stereocenters. The van der Waals surface area contributed by atoms with Crippen LogP contribution in [0.4, 0.5) is 10.5 Å². The number of likely N-dealkylation sites (tertiary alicyclic amines) is 1. The van der Waals surface area contributed by atoms with Gasteiger partial charge in [-0.25, -0.2) is 4.79 Å². The maximum atomic E-state index is 14.1. The van der Waals surface area contributed by atoms with Gasteiger partial charge in [-0.15, -0.1) is 0 Å². The van der Waals surface area contributed by atoms with Gasteiger partial charge in [0.1, 0.15) is 18.4 Å². The summed E-state index contributed by atoms with van der Waals surface area (Å²) in [4.78, 5) is 33.2. The van der Waals surface area contributed by atoms with Crippen LogP contribution in [0.1, 0.15) is 52.2 Å². The molecule has 0 aromatic heterocycles. The van der Waals surface area contributed by atoms with Crippen molar-refractivity contribution in [3.63, 3.8) is 0 Å². The Morgan fingerprint density at radius 2 is 1.80 bits per heavy atom. The van der Waals surface area contributed by atoms with Crippen LogP contribution in [0.3, 0.4) is 0 Å². The van der Waals surface area contributed by atoms with E-state index in [0.29, 0.717) is 32.6 Å². The first-order chi connectivity index (χ1) is 23.8. The number of alkyl carbamates (subject to hydrolysis) is 1. The second-order valence-electron chi connectivity index (χ2n) is 14.8. The average Bonchev–Trinajstić information content (AvgIpc) is 3.78. The zero-order chi connectivity index (χ0) is 35.5. The summed E-state index contributed by atoms with van der Waals surface area (Å²) in [6.07, 6.45) is 0.0524. The van der Waals surface area contributed by atoms with Gasteiger partial charge in [0, 0.05) is 44.4 Å². The summed E-state index contributed by atoms with van der Waals surface area (Å²) in [7, 11) is 4.02. The molecule has 264 valence electrons. The van der Waals surface area contributed by atoms with Crippen molar-refractivity contribution in [3.05, 3.63) is 53.6 Å². The van der Waals surface area contributed by atoms with Gasteiger partial charge in [0.05, 0.1) is 42.8 Å². The van der Waals surface area contributed by atoms with Crippen molar-refractivity contribution in [2.24, 2.45) is 10.9 Å². The van der Waals surface area contributed by atoms with E-state index < -0.39 is 36.6 Å². The van der Waals surface area contributed by atoms with E-state index in [-0.39, 0.29) is 17.9 Å². The standard InChI is InChI=1S/C38H46BN3O8/c1-21(46-7)34(41-36(44)47-8)35(43)42-18-22(19-45-6)13-32(42)31-16-28-27-17-33-29(15-23(27)9-12-30(28)40-31)26-11-10-25(14-24(26)20-48-33)39-49-37(2,3)38(4,5)50-39/h9-12,14-15,17,21-22,32,34H,13,16,18-20H2,1-8H3,(H,41,44)/t21-,22+,32+,34+/m1/s1. The second-order valence-corrected chi connectivity index (χ2v) is 14.8. The van der Waals surface area contributed by atoms with E-state index in [1.165, 1.54) is 14.2 Å². The monoisotopic (exact) mass is 683 g/mol. The molecule has 12 heteroatoms. The molecule has 0 aliphatic carbocycles. The lowest BCUT2D eigenvalue weighted by molar-refractivity contribution is -0.136. The molecule has 3 aromatic carbocycles. The summed E-state index contributed by atoms with van der Waals surface area (Å²) in [6.45, 7) is 11.4. The molecule has 2 fully saturated rings. The van der Waals surface area contributed by atoms with Crippen LogP contribution >= 0.6 is 0 Å². The van der Waals surface area contributed by atoms with Crippen LogP contribution in [-0.2, 0) is 41.3 Å². The summed E-state index contributed by atoms with van der Waals surface area (Å²) in [5.74, 6) is 0.720. The summed E-state index contributed by atoms with van der Waals surface area (Å²) in [6, 6.07) is 13.7. The first-order valence-corrected chi connectivity index (χ1v) is 17.3. The third-order valence-corrected chi connectivity index (χ3v) is 11.2. The molecule has 4 aliphatic rings. The summed E-state index contributed by atoms with van der Waals surface area (Å²) in [5.41, 5.74) is 6.35. The van der Waals surface area contributed by atoms with Crippen molar-refractivity contribution in [2.45, 2.75) is 83.5 Å². The minimum Gasteiger partial charge on any atom is -0.488 e. The normalized spacial score (nSPS) is 22.7. The second kappa shape index (κ2) is 13.0. The van der Waals surface area contributed by atoms with E-state index in [2.05, 4.69) is 75.5 Å². The molecule has 1 N–H and O–H groups in total. The maximum Gasteiger partial charge on any atom is 0.494 e. The zero-order valence-electron chi connectivity index (χ0n) is 30.1. The number of carbonyl (C=O) groups excluding carboxylic acids is 2. The number of fused-ring (bicyclic) bond motifs is 6. The predicted molar refractivity (Wildman–Crippen MR) is 192 cm³/mol. The Balaban J connectivity index is 1.16. The number of hydrogen-bond acceptors (Lipinski definition) is 9. The highest BCUT2D eigenvalue weighted by atomic mass is 16.7. The summed E-state index contributed by atoms with van der Waals surface area (Å²) < 4.78 is 34.8. The quantitative estimate of drug-likeness (QED) is 0.332. The molecular formula is C38H46BN3O8. The molecular weight excluding hydrogens is 637 g/mol. The summed E-state index contributed by atoms with van der Waals surface area (Å²) >= 11 is 0. The molecule has 4 aliphatic heterocycles. The summed E-state index contributed by atoms with van der Waals surface area (Å²) in [5, 5.41) is 4.86. The van der Waals surface area contributed by atoms with Gasteiger partial charge in [-0.1, -0.05) is 24.3 Å². The number of rotatable bonds is 8. The lowest BCUT2D eigenvalue weighted by Crippen LogP contribution is -2.56. The predicted octanol–water partition coefficient (Wildman–Crippen LogP) is 4.95. The number of amides is 2. The number of hydrogen-bond donors (Lipinski definition) is 1. The smallest absolute Gasteiger partial charge is 0.488 e. The van der Waals surface area contributed by atoms with E-state index in [1.54, 1.807) is 14.0 Å². The number of carbonyl (C=O) groups is 2.